The van der Waals surface area contributed by atoms with E-state index in [1.54, 1.807) is 12.1 Å². The summed E-state index contributed by atoms with van der Waals surface area (Å²) < 4.78 is 31.6. The first-order chi connectivity index (χ1) is 8.49. The van der Waals surface area contributed by atoms with Crippen molar-refractivity contribution in [3.8, 4) is 0 Å². The Balaban J connectivity index is 2.16. The Morgan fingerprint density at radius 1 is 1.33 bits per heavy atom. The highest BCUT2D eigenvalue weighted by atomic mass is 32.2. The third-order valence-electron chi connectivity index (χ3n) is 2.21. The molecule has 0 saturated heterocycles. The monoisotopic (exact) mass is 269 g/mol. The van der Waals surface area contributed by atoms with Crippen LogP contribution in [0.2, 0.25) is 0 Å². The van der Waals surface area contributed by atoms with Gasteiger partial charge in [0, 0.05) is 5.69 Å². The van der Waals surface area contributed by atoms with Crippen LogP contribution in [-0.2, 0) is 16.7 Å². The molecule has 0 amide bonds. The van der Waals surface area contributed by atoms with E-state index in [4.69, 9.17) is 10.4 Å². The summed E-state index contributed by atoms with van der Waals surface area (Å²) in [6.07, 6.45) is 1.23. The van der Waals surface area contributed by atoms with Crippen molar-refractivity contribution in [1.82, 2.24) is 14.8 Å². The lowest BCUT2D eigenvalue weighted by Gasteiger charge is -2.03. The third-order valence-corrected chi connectivity index (χ3v) is 2.86. The summed E-state index contributed by atoms with van der Waals surface area (Å²) in [5.41, 5.74) is 4.14. The topological polar surface area (TPSA) is 123 Å². The average molecular weight is 269 g/mol. The molecule has 2 rings (SSSR count). The maximum Gasteiger partial charge on any atom is 0.332 e. The molecule has 1 aromatic heterocycles. The van der Waals surface area contributed by atoms with Gasteiger partial charge in [-0.05, 0) is 17.7 Å². The summed E-state index contributed by atoms with van der Waals surface area (Å²) in [7, 11) is -4.35. The van der Waals surface area contributed by atoms with Gasteiger partial charge in [-0.2, -0.15) is 8.42 Å². The van der Waals surface area contributed by atoms with Gasteiger partial charge < -0.3 is 5.43 Å². The van der Waals surface area contributed by atoms with E-state index in [2.05, 4.69) is 15.5 Å². The lowest BCUT2D eigenvalue weighted by molar-refractivity contribution is 0.472. The summed E-state index contributed by atoms with van der Waals surface area (Å²) in [5.74, 6) is 5.23. The summed E-state index contributed by atoms with van der Waals surface area (Å²) in [4.78, 5) is 3.50. The first kappa shape index (κ1) is 12.5. The molecule has 0 aliphatic carbocycles. The van der Waals surface area contributed by atoms with Crippen LogP contribution in [-0.4, -0.2) is 27.7 Å². The van der Waals surface area contributed by atoms with E-state index in [-0.39, 0.29) is 0 Å². The molecule has 0 aliphatic heterocycles. The number of aromatic nitrogens is 3. The van der Waals surface area contributed by atoms with Crippen LogP contribution in [0.5, 0.6) is 0 Å². The number of hydrogen-bond acceptors (Lipinski definition) is 6. The minimum atomic E-state index is -4.35. The van der Waals surface area contributed by atoms with Crippen LogP contribution in [0, 0.1) is 0 Å². The van der Waals surface area contributed by atoms with E-state index in [1.165, 1.54) is 11.0 Å². The van der Waals surface area contributed by atoms with Crippen molar-refractivity contribution < 1.29 is 13.0 Å². The lowest BCUT2D eigenvalue weighted by atomic mass is 10.2. The standard InChI is InChI=1S/C9H11N5O3S/c10-12-8-3-1-7(2-4-8)5-14-6-11-9(13-14)18(15,16)17/h1-4,6,12H,5,10H2,(H,15,16,17). The number of nitrogens with one attached hydrogen (secondary N) is 1. The summed E-state index contributed by atoms with van der Waals surface area (Å²) in [6, 6.07) is 7.17. The molecule has 0 aliphatic rings. The number of hydrogen-bond donors (Lipinski definition) is 3. The molecule has 0 radical (unpaired) electrons. The highest BCUT2D eigenvalue weighted by Gasteiger charge is 2.15. The molecule has 0 spiro atoms. The van der Waals surface area contributed by atoms with Gasteiger partial charge in [0.25, 0.3) is 5.16 Å². The van der Waals surface area contributed by atoms with Crippen molar-refractivity contribution in [2.45, 2.75) is 11.7 Å². The number of anilines is 1. The van der Waals surface area contributed by atoms with Gasteiger partial charge in [0.1, 0.15) is 6.33 Å². The molecular formula is C9H11N5O3S. The second-order valence-corrected chi connectivity index (χ2v) is 4.86. The molecule has 18 heavy (non-hydrogen) atoms. The minimum Gasteiger partial charge on any atom is -0.324 e. The van der Waals surface area contributed by atoms with E-state index in [1.807, 2.05) is 12.1 Å². The molecule has 96 valence electrons. The molecular weight excluding hydrogens is 258 g/mol. The van der Waals surface area contributed by atoms with E-state index >= 15 is 0 Å². The quantitative estimate of drug-likeness (QED) is 0.401. The Bertz CT molecular complexity index is 634. The van der Waals surface area contributed by atoms with E-state index < -0.39 is 15.3 Å². The van der Waals surface area contributed by atoms with Gasteiger partial charge in [-0.25, -0.2) is 9.67 Å². The largest absolute Gasteiger partial charge is 0.332 e. The molecule has 4 N–H and O–H groups in total. The maximum absolute atomic E-state index is 10.8. The van der Waals surface area contributed by atoms with Crippen LogP contribution in [0.3, 0.4) is 0 Å². The van der Waals surface area contributed by atoms with E-state index in [0.29, 0.717) is 6.54 Å². The second-order valence-electron chi connectivity index (χ2n) is 3.54. The van der Waals surface area contributed by atoms with Gasteiger partial charge >= 0.3 is 10.1 Å². The summed E-state index contributed by atoms with van der Waals surface area (Å²) in [5, 5.41) is 3.04. The molecule has 0 atom stereocenters. The molecule has 0 saturated carbocycles. The average Bonchev–Trinajstić information content (AvgIpc) is 2.78. The predicted molar refractivity (Wildman–Crippen MR) is 63.2 cm³/mol. The Morgan fingerprint density at radius 3 is 2.50 bits per heavy atom. The van der Waals surface area contributed by atoms with Gasteiger partial charge in [-0.1, -0.05) is 12.1 Å². The molecule has 1 aromatic carbocycles. The van der Waals surface area contributed by atoms with Crippen LogP contribution < -0.4 is 11.3 Å². The zero-order valence-corrected chi connectivity index (χ0v) is 10.0. The van der Waals surface area contributed by atoms with Crippen LogP contribution >= 0.6 is 0 Å². The maximum atomic E-state index is 10.8. The first-order valence-electron chi connectivity index (χ1n) is 4.91. The van der Waals surface area contributed by atoms with Crippen LogP contribution in [0.1, 0.15) is 5.56 Å². The lowest BCUT2D eigenvalue weighted by Crippen LogP contribution is -2.07. The second kappa shape index (κ2) is 4.72. The molecule has 0 unspecified atom stereocenters. The molecule has 0 fully saturated rings. The Morgan fingerprint density at radius 2 is 2.00 bits per heavy atom. The molecule has 9 heteroatoms. The molecule has 8 nitrogen and oxygen atoms in total. The van der Waals surface area contributed by atoms with Crippen molar-refractivity contribution in [3.63, 3.8) is 0 Å². The van der Waals surface area contributed by atoms with Crippen LogP contribution in [0.15, 0.2) is 35.7 Å². The normalized spacial score (nSPS) is 11.4. The number of nitrogens with zero attached hydrogens (tertiary/aromatic N) is 3. The fraction of sp³-hybridized carbons (Fsp3) is 0.111. The van der Waals surface area contributed by atoms with Crippen molar-refractivity contribution in [2.24, 2.45) is 5.84 Å². The zero-order valence-electron chi connectivity index (χ0n) is 9.18. The van der Waals surface area contributed by atoms with E-state index in [9.17, 15) is 8.42 Å². The van der Waals surface area contributed by atoms with Gasteiger partial charge in [0.2, 0.25) is 0 Å². The van der Waals surface area contributed by atoms with E-state index in [0.717, 1.165) is 11.3 Å². The third kappa shape index (κ3) is 2.83. The zero-order chi connectivity index (χ0) is 13.2. The van der Waals surface area contributed by atoms with Crippen molar-refractivity contribution in [3.05, 3.63) is 36.2 Å². The molecule has 0 bridgehead atoms. The summed E-state index contributed by atoms with van der Waals surface area (Å²) in [6.45, 7) is 0.341. The fourth-order valence-corrected chi connectivity index (χ4v) is 1.75. The Labute approximate surface area is 103 Å². The van der Waals surface area contributed by atoms with Crippen molar-refractivity contribution in [2.75, 3.05) is 5.43 Å². The fourth-order valence-electron chi connectivity index (χ4n) is 1.37. The summed E-state index contributed by atoms with van der Waals surface area (Å²) >= 11 is 0. The highest BCUT2D eigenvalue weighted by molar-refractivity contribution is 7.85. The Kier molecular flexibility index (Phi) is 3.28. The smallest absolute Gasteiger partial charge is 0.324 e. The minimum absolute atomic E-state index is 0.341. The van der Waals surface area contributed by atoms with Gasteiger partial charge in [-0.15, -0.1) is 5.10 Å². The predicted octanol–water partition coefficient (Wildman–Crippen LogP) is -0.141. The first-order valence-corrected chi connectivity index (χ1v) is 6.35. The van der Waals surface area contributed by atoms with Crippen molar-refractivity contribution >= 4 is 15.8 Å². The SMILES string of the molecule is NNc1ccc(Cn2cnc(S(=O)(=O)O)n2)cc1. The van der Waals surface area contributed by atoms with Crippen LogP contribution in [0.4, 0.5) is 5.69 Å². The van der Waals surface area contributed by atoms with Gasteiger partial charge in [0.05, 0.1) is 6.54 Å². The molecule has 2 aromatic rings. The van der Waals surface area contributed by atoms with Gasteiger partial charge in [0.15, 0.2) is 0 Å². The number of nitrogen functional groups attached to an aromatic ring is 1. The van der Waals surface area contributed by atoms with Crippen LogP contribution in [0.25, 0.3) is 0 Å². The Hall–Kier alpha value is -1.97. The number of benzene rings is 1. The van der Waals surface area contributed by atoms with Crippen molar-refractivity contribution in [1.29, 1.82) is 0 Å². The highest BCUT2D eigenvalue weighted by Crippen LogP contribution is 2.09. The van der Waals surface area contributed by atoms with Gasteiger partial charge in [-0.3, -0.25) is 10.4 Å². The molecule has 1 heterocycles. The number of hydrazine groups is 1. The number of rotatable bonds is 4. The number of nitrogens with two attached hydrogens (primary N) is 1.